The molecular weight excluding hydrogens is 324 g/mol. The van der Waals surface area contributed by atoms with Crippen molar-refractivity contribution in [2.24, 2.45) is 0 Å². The van der Waals surface area contributed by atoms with E-state index in [9.17, 15) is 0 Å². The van der Waals surface area contributed by atoms with Crippen LogP contribution in [0.2, 0.25) is 0 Å². The molecule has 0 saturated carbocycles. The molecule has 0 N–H and O–H groups in total. The quantitative estimate of drug-likeness (QED) is 0.672. The number of rotatable bonds is 2. The first-order valence-corrected chi connectivity index (χ1v) is 8.03. The zero-order valence-corrected chi connectivity index (χ0v) is 13.9. The lowest BCUT2D eigenvalue weighted by atomic mass is 9.89. The van der Waals surface area contributed by atoms with Crippen molar-refractivity contribution < 1.29 is 4.74 Å². The van der Waals surface area contributed by atoms with E-state index in [1.54, 1.807) is 0 Å². The maximum absolute atomic E-state index is 6.26. The monoisotopic (exact) mass is 342 g/mol. The van der Waals surface area contributed by atoms with Gasteiger partial charge in [-0.3, -0.25) is 0 Å². The van der Waals surface area contributed by atoms with E-state index in [1.165, 1.54) is 16.7 Å². The van der Waals surface area contributed by atoms with Crippen LogP contribution in [-0.4, -0.2) is 5.60 Å². The van der Waals surface area contributed by atoms with Gasteiger partial charge >= 0.3 is 0 Å². The van der Waals surface area contributed by atoms with E-state index in [2.05, 4.69) is 90.5 Å². The number of halogens is 1. The predicted octanol–water partition coefficient (Wildman–Crippen LogP) is 5.77. The molecule has 0 aromatic heterocycles. The highest BCUT2D eigenvalue weighted by molar-refractivity contribution is 9.10. The third-order valence-corrected chi connectivity index (χ3v) is 4.29. The molecule has 0 bridgehead atoms. The molecule has 1 aliphatic rings. The second-order valence-corrected chi connectivity index (χ2v) is 6.92. The average Bonchev–Trinajstić information content (AvgIpc) is 2.47. The second-order valence-electron chi connectivity index (χ2n) is 6.00. The molecule has 0 amide bonds. The molecule has 2 aromatic rings. The second kappa shape index (κ2) is 5.78. The Morgan fingerprint density at radius 2 is 1.67 bits per heavy atom. The molecule has 1 atom stereocenters. The first-order valence-electron chi connectivity index (χ1n) is 7.24. The molecule has 1 unspecified atom stereocenters. The van der Waals surface area contributed by atoms with Crippen LogP contribution in [-0.2, 0) is 4.74 Å². The summed E-state index contributed by atoms with van der Waals surface area (Å²) in [6, 6.07) is 19.0. The minimum Gasteiger partial charge on any atom is -0.363 e. The van der Waals surface area contributed by atoms with Crippen LogP contribution in [0.25, 0.3) is 5.57 Å². The van der Waals surface area contributed by atoms with Crippen LogP contribution >= 0.6 is 15.9 Å². The van der Waals surface area contributed by atoms with Gasteiger partial charge in [-0.2, -0.15) is 0 Å². The molecule has 0 spiro atoms. The Balaban J connectivity index is 1.93. The largest absolute Gasteiger partial charge is 0.363 e. The Kier molecular flexibility index (Phi) is 4.01. The Labute approximate surface area is 134 Å². The summed E-state index contributed by atoms with van der Waals surface area (Å²) < 4.78 is 7.36. The van der Waals surface area contributed by atoms with Gasteiger partial charge in [-0.05, 0) is 48.8 Å². The van der Waals surface area contributed by atoms with Crippen LogP contribution in [0.4, 0.5) is 0 Å². The van der Waals surface area contributed by atoms with Crippen molar-refractivity contribution in [3.05, 3.63) is 76.3 Å². The van der Waals surface area contributed by atoms with Crippen LogP contribution in [0, 0.1) is 0 Å². The molecule has 1 heterocycles. The van der Waals surface area contributed by atoms with Crippen LogP contribution < -0.4 is 0 Å². The van der Waals surface area contributed by atoms with Gasteiger partial charge in [-0.15, -0.1) is 0 Å². The number of hydrogen-bond acceptors (Lipinski definition) is 1. The lowest BCUT2D eigenvalue weighted by molar-refractivity contribution is -0.0476. The molecule has 0 saturated heterocycles. The lowest BCUT2D eigenvalue weighted by Gasteiger charge is -2.35. The standard InChI is InChI=1S/C19H19BrO/c1-19(2)13-16(14-6-4-3-5-7-14)12-18(21-19)15-8-10-17(20)11-9-15/h3-11,13,18H,12H2,1-2H3. The Bertz CT molecular complexity index is 641. The Morgan fingerprint density at radius 1 is 1.00 bits per heavy atom. The zero-order chi connectivity index (χ0) is 14.9. The lowest BCUT2D eigenvalue weighted by Crippen LogP contribution is -2.28. The molecule has 0 radical (unpaired) electrons. The van der Waals surface area contributed by atoms with Crippen molar-refractivity contribution in [2.45, 2.75) is 32.0 Å². The van der Waals surface area contributed by atoms with Crippen LogP contribution in [0.1, 0.15) is 37.5 Å². The molecule has 3 rings (SSSR count). The van der Waals surface area contributed by atoms with Crippen LogP contribution in [0.3, 0.4) is 0 Å². The van der Waals surface area contributed by atoms with Crippen molar-refractivity contribution in [1.29, 1.82) is 0 Å². The van der Waals surface area contributed by atoms with Gasteiger partial charge in [-0.25, -0.2) is 0 Å². The minimum absolute atomic E-state index is 0.105. The van der Waals surface area contributed by atoms with Gasteiger partial charge in [0.2, 0.25) is 0 Å². The summed E-state index contributed by atoms with van der Waals surface area (Å²) in [5.41, 5.74) is 3.63. The van der Waals surface area contributed by atoms with Crippen molar-refractivity contribution in [3.8, 4) is 0 Å². The predicted molar refractivity (Wildman–Crippen MR) is 91.1 cm³/mol. The third-order valence-electron chi connectivity index (χ3n) is 3.76. The first-order chi connectivity index (χ1) is 10.0. The van der Waals surface area contributed by atoms with Crippen LogP contribution in [0.15, 0.2) is 65.1 Å². The van der Waals surface area contributed by atoms with E-state index in [0.717, 1.165) is 10.9 Å². The van der Waals surface area contributed by atoms with Gasteiger partial charge in [0.25, 0.3) is 0 Å². The van der Waals surface area contributed by atoms with Crippen molar-refractivity contribution >= 4 is 21.5 Å². The molecule has 2 heteroatoms. The molecule has 21 heavy (non-hydrogen) atoms. The van der Waals surface area contributed by atoms with Crippen molar-refractivity contribution in [1.82, 2.24) is 0 Å². The topological polar surface area (TPSA) is 9.23 Å². The molecule has 0 fully saturated rings. The number of ether oxygens (including phenoxy) is 1. The fraction of sp³-hybridized carbons (Fsp3) is 0.263. The number of hydrogen-bond donors (Lipinski definition) is 0. The smallest absolute Gasteiger partial charge is 0.0876 e. The van der Waals surface area contributed by atoms with Gasteiger partial charge in [0, 0.05) is 10.9 Å². The van der Waals surface area contributed by atoms with Crippen molar-refractivity contribution in [3.63, 3.8) is 0 Å². The molecule has 1 nitrogen and oxygen atoms in total. The molecule has 2 aromatic carbocycles. The van der Waals surface area contributed by atoms with Gasteiger partial charge in [-0.1, -0.05) is 58.4 Å². The van der Waals surface area contributed by atoms with Gasteiger partial charge in [0.1, 0.15) is 0 Å². The van der Waals surface area contributed by atoms with E-state index in [4.69, 9.17) is 4.74 Å². The first kappa shape index (κ1) is 14.6. The maximum Gasteiger partial charge on any atom is 0.0876 e. The SMILES string of the molecule is CC1(C)C=C(c2ccccc2)CC(c2ccc(Br)cc2)O1. The summed E-state index contributed by atoms with van der Waals surface area (Å²) in [7, 11) is 0. The summed E-state index contributed by atoms with van der Waals surface area (Å²) in [6.45, 7) is 4.25. The van der Waals surface area contributed by atoms with Gasteiger partial charge in [0.15, 0.2) is 0 Å². The van der Waals surface area contributed by atoms with Gasteiger partial charge in [0.05, 0.1) is 11.7 Å². The fourth-order valence-corrected chi connectivity index (χ4v) is 3.10. The number of benzene rings is 2. The highest BCUT2D eigenvalue weighted by Crippen LogP contribution is 2.40. The highest BCUT2D eigenvalue weighted by Gasteiger charge is 2.29. The molecule has 108 valence electrons. The van der Waals surface area contributed by atoms with Crippen molar-refractivity contribution in [2.75, 3.05) is 0 Å². The normalized spacial score (nSPS) is 20.9. The summed E-state index contributed by atoms with van der Waals surface area (Å²) in [6.07, 6.45) is 3.26. The molecule has 1 aliphatic heterocycles. The average molecular weight is 343 g/mol. The maximum atomic E-state index is 6.26. The highest BCUT2D eigenvalue weighted by atomic mass is 79.9. The van der Waals surface area contributed by atoms with E-state index in [-0.39, 0.29) is 11.7 Å². The van der Waals surface area contributed by atoms with E-state index >= 15 is 0 Å². The zero-order valence-electron chi connectivity index (χ0n) is 12.3. The summed E-state index contributed by atoms with van der Waals surface area (Å²) in [4.78, 5) is 0. The Morgan fingerprint density at radius 3 is 2.33 bits per heavy atom. The molecular formula is C19H19BrO. The summed E-state index contributed by atoms with van der Waals surface area (Å²) in [5.74, 6) is 0. The molecule has 0 aliphatic carbocycles. The summed E-state index contributed by atoms with van der Waals surface area (Å²) >= 11 is 3.49. The van der Waals surface area contributed by atoms with E-state index in [0.29, 0.717) is 0 Å². The van der Waals surface area contributed by atoms with Gasteiger partial charge < -0.3 is 4.74 Å². The summed E-state index contributed by atoms with van der Waals surface area (Å²) in [5, 5.41) is 0. The van der Waals surface area contributed by atoms with E-state index in [1.807, 2.05) is 0 Å². The van der Waals surface area contributed by atoms with Crippen LogP contribution in [0.5, 0.6) is 0 Å². The Hall–Kier alpha value is -1.38. The third kappa shape index (κ3) is 3.45. The minimum atomic E-state index is -0.249. The van der Waals surface area contributed by atoms with E-state index < -0.39 is 0 Å². The fourth-order valence-electron chi connectivity index (χ4n) is 2.84.